The first-order chi connectivity index (χ1) is 17.9. The van der Waals surface area contributed by atoms with Gasteiger partial charge in [-0.2, -0.15) is 0 Å². The van der Waals surface area contributed by atoms with Crippen molar-refractivity contribution in [3.05, 3.63) is 69.3 Å². The molecule has 1 aliphatic rings. The average molecular weight is 585 g/mol. The van der Waals surface area contributed by atoms with Gasteiger partial charge in [0.2, 0.25) is 0 Å². The van der Waals surface area contributed by atoms with Crippen molar-refractivity contribution in [2.75, 3.05) is 29.8 Å². The number of aromatic nitrogens is 1. The lowest BCUT2D eigenvalue weighted by atomic mass is 9.96. The number of thiazole rings is 1. The topological polar surface area (TPSA) is 123 Å². The van der Waals surface area contributed by atoms with Gasteiger partial charge in [-0.25, -0.2) is 17.8 Å². The lowest BCUT2D eigenvalue weighted by Crippen LogP contribution is -2.34. The van der Waals surface area contributed by atoms with Crippen LogP contribution in [-0.2, 0) is 27.0 Å². The van der Waals surface area contributed by atoms with Crippen molar-refractivity contribution >= 4 is 50.9 Å². The normalized spacial score (nSPS) is 16.0. The molecule has 1 saturated heterocycles. The maximum atomic E-state index is 14.9. The Balaban J connectivity index is 0.00000127. The van der Waals surface area contributed by atoms with Gasteiger partial charge in [0.05, 0.1) is 21.8 Å². The Morgan fingerprint density at radius 3 is 2.68 bits per heavy atom. The highest BCUT2D eigenvalue weighted by Crippen LogP contribution is 2.34. The zero-order valence-corrected chi connectivity index (χ0v) is 23.5. The lowest BCUT2D eigenvalue weighted by Gasteiger charge is -2.28. The van der Waals surface area contributed by atoms with Crippen LogP contribution in [-0.4, -0.2) is 61.2 Å². The fourth-order valence-corrected chi connectivity index (χ4v) is 6.23. The Morgan fingerprint density at radius 1 is 1.34 bits per heavy atom. The Bertz CT molecular complexity index is 1350. The van der Waals surface area contributed by atoms with Crippen LogP contribution >= 0.6 is 22.9 Å². The van der Waals surface area contributed by atoms with Crippen LogP contribution in [0.3, 0.4) is 0 Å². The van der Waals surface area contributed by atoms with Crippen molar-refractivity contribution in [2.45, 2.75) is 43.4 Å². The summed E-state index contributed by atoms with van der Waals surface area (Å²) in [5.74, 6) is -0.747. The average Bonchev–Trinajstić information content (AvgIpc) is 3.52. The smallest absolute Gasteiger partial charge is 0.290 e. The van der Waals surface area contributed by atoms with E-state index in [0.29, 0.717) is 5.69 Å². The number of rotatable bonds is 8. The van der Waals surface area contributed by atoms with Crippen molar-refractivity contribution in [1.29, 1.82) is 0 Å². The second kappa shape index (κ2) is 12.4. The molecular formula is C25H30ClFN4O5S2. The second-order valence-electron chi connectivity index (χ2n) is 9.37. The Morgan fingerprint density at radius 2 is 2.05 bits per heavy atom. The SMILES string of the molecule is CN(c1cc(F)c(S(=O)(=O)Nc2cscn2)cc1Cl)C1CCN(Cc2cccc(C(C)(C)O)c2)C1.O=CO. The number of halogens is 2. The lowest BCUT2D eigenvalue weighted by molar-refractivity contribution is -0.122. The molecule has 1 aliphatic heterocycles. The molecule has 1 atom stereocenters. The molecule has 0 spiro atoms. The van der Waals surface area contributed by atoms with Gasteiger partial charge in [0.25, 0.3) is 16.5 Å². The maximum absolute atomic E-state index is 14.9. The number of nitrogens with zero attached hydrogens (tertiary/aromatic N) is 3. The molecule has 0 saturated carbocycles. The van der Waals surface area contributed by atoms with Gasteiger partial charge in [0.1, 0.15) is 10.7 Å². The van der Waals surface area contributed by atoms with Gasteiger partial charge in [-0.3, -0.25) is 14.4 Å². The van der Waals surface area contributed by atoms with Gasteiger partial charge >= 0.3 is 0 Å². The molecule has 9 nitrogen and oxygen atoms in total. The van der Waals surface area contributed by atoms with Crippen LogP contribution in [0.15, 0.2) is 52.2 Å². The van der Waals surface area contributed by atoms with E-state index in [0.717, 1.165) is 43.2 Å². The van der Waals surface area contributed by atoms with Crippen LogP contribution in [0.1, 0.15) is 31.4 Å². The number of nitrogens with one attached hydrogen (secondary N) is 1. The molecule has 2 aromatic carbocycles. The van der Waals surface area contributed by atoms with E-state index >= 15 is 0 Å². The van der Waals surface area contributed by atoms with E-state index < -0.39 is 26.3 Å². The van der Waals surface area contributed by atoms with Gasteiger partial charge in [-0.15, -0.1) is 11.3 Å². The number of benzene rings is 2. The summed E-state index contributed by atoms with van der Waals surface area (Å²) in [6, 6.07) is 10.3. The van der Waals surface area contributed by atoms with Gasteiger partial charge in [-0.05, 0) is 37.5 Å². The highest BCUT2D eigenvalue weighted by Gasteiger charge is 2.29. The monoisotopic (exact) mass is 584 g/mol. The van der Waals surface area contributed by atoms with E-state index in [1.54, 1.807) is 13.8 Å². The Hall–Kier alpha value is -2.77. The number of hydrogen-bond acceptors (Lipinski definition) is 8. The summed E-state index contributed by atoms with van der Waals surface area (Å²) in [6.45, 7) is 5.61. The van der Waals surface area contributed by atoms with E-state index in [-0.39, 0.29) is 23.4 Å². The van der Waals surface area contributed by atoms with E-state index in [9.17, 15) is 17.9 Å². The molecule has 1 fully saturated rings. The van der Waals surface area contributed by atoms with Crippen molar-refractivity contribution in [3.8, 4) is 0 Å². The van der Waals surface area contributed by atoms with Crippen molar-refractivity contribution in [2.24, 2.45) is 0 Å². The Kier molecular flexibility index (Phi) is 9.71. The molecule has 2 heterocycles. The van der Waals surface area contributed by atoms with E-state index in [4.69, 9.17) is 21.5 Å². The first kappa shape index (κ1) is 29.8. The molecule has 1 aromatic heterocycles. The number of hydrogen-bond donors (Lipinski definition) is 3. The fourth-order valence-electron chi connectivity index (χ4n) is 4.23. The molecular weight excluding hydrogens is 555 g/mol. The van der Waals surface area contributed by atoms with Crippen molar-refractivity contribution in [1.82, 2.24) is 9.88 Å². The summed E-state index contributed by atoms with van der Waals surface area (Å²) in [7, 11) is -2.33. The molecule has 1 unspecified atom stereocenters. The first-order valence-electron chi connectivity index (χ1n) is 11.6. The molecule has 0 aliphatic carbocycles. The van der Waals surface area contributed by atoms with Crippen molar-refractivity contribution in [3.63, 3.8) is 0 Å². The van der Waals surface area contributed by atoms with Crippen LogP contribution in [0.25, 0.3) is 0 Å². The number of sulfonamides is 1. The first-order valence-corrected chi connectivity index (χ1v) is 14.4. The number of carbonyl (C=O) groups is 1. The van der Waals surface area contributed by atoms with E-state index in [1.807, 2.05) is 36.2 Å². The second-order valence-corrected chi connectivity index (χ2v) is 12.1. The Labute approximate surface area is 230 Å². The molecule has 0 amide bonds. The fraction of sp³-hybridized carbons (Fsp3) is 0.360. The quantitative estimate of drug-likeness (QED) is 0.334. The molecule has 4 rings (SSSR count). The van der Waals surface area contributed by atoms with Crippen molar-refractivity contribution < 1.29 is 27.8 Å². The van der Waals surface area contributed by atoms with Crippen LogP contribution in [0.2, 0.25) is 5.02 Å². The summed E-state index contributed by atoms with van der Waals surface area (Å²) < 4.78 is 42.5. The van der Waals surface area contributed by atoms with Gasteiger partial charge in [0.15, 0.2) is 5.82 Å². The predicted octanol–water partition coefficient (Wildman–Crippen LogP) is 4.38. The zero-order chi connectivity index (χ0) is 28.1. The summed E-state index contributed by atoms with van der Waals surface area (Å²) in [4.78, 5) is 15.9. The van der Waals surface area contributed by atoms with Gasteiger partial charge < -0.3 is 15.1 Å². The molecule has 3 aromatic rings. The van der Waals surface area contributed by atoms with E-state index in [1.165, 1.54) is 28.3 Å². The summed E-state index contributed by atoms with van der Waals surface area (Å²) in [6.07, 6.45) is 0.852. The molecule has 0 bridgehead atoms. The minimum absolute atomic E-state index is 0.0833. The minimum Gasteiger partial charge on any atom is -0.483 e. The maximum Gasteiger partial charge on any atom is 0.290 e. The molecule has 206 valence electrons. The number of carboxylic acid groups (broad SMARTS) is 1. The van der Waals surface area contributed by atoms with Crippen LogP contribution in [0.4, 0.5) is 15.9 Å². The third kappa shape index (κ3) is 7.41. The van der Waals surface area contributed by atoms with E-state index in [2.05, 4.69) is 14.6 Å². The molecule has 0 radical (unpaired) electrons. The summed E-state index contributed by atoms with van der Waals surface area (Å²) >= 11 is 7.66. The highest BCUT2D eigenvalue weighted by molar-refractivity contribution is 7.92. The third-order valence-electron chi connectivity index (χ3n) is 6.18. The molecule has 3 N–H and O–H groups in total. The predicted molar refractivity (Wildman–Crippen MR) is 147 cm³/mol. The largest absolute Gasteiger partial charge is 0.483 e. The van der Waals surface area contributed by atoms with Gasteiger partial charge in [-0.1, -0.05) is 35.9 Å². The zero-order valence-electron chi connectivity index (χ0n) is 21.1. The highest BCUT2D eigenvalue weighted by atomic mass is 35.5. The molecule has 38 heavy (non-hydrogen) atoms. The summed E-state index contributed by atoms with van der Waals surface area (Å²) in [5, 5.41) is 18.9. The number of anilines is 2. The van der Waals surface area contributed by atoms with Crippen LogP contribution in [0, 0.1) is 5.82 Å². The van der Waals surface area contributed by atoms with Crippen LogP contribution < -0.4 is 9.62 Å². The minimum atomic E-state index is -4.17. The number of likely N-dealkylation sites (N-methyl/N-ethyl adjacent to an activating group) is 1. The van der Waals surface area contributed by atoms with Crippen LogP contribution in [0.5, 0.6) is 0 Å². The number of likely N-dealkylation sites (tertiary alicyclic amines) is 1. The summed E-state index contributed by atoms with van der Waals surface area (Å²) in [5.41, 5.74) is 2.99. The van der Waals surface area contributed by atoms with Gasteiger partial charge in [0, 0.05) is 44.2 Å². The third-order valence-corrected chi connectivity index (χ3v) is 8.44. The standard InChI is InChI=1S/C24H28ClFN4O3S2.CH2O2/c1-24(2,31)17-6-4-5-16(9-17)12-30-8-7-18(13-30)29(3)21-11-20(26)22(10-19(21)25)35(32,33)28-23-14-34-15-27-23;2-1-3/h4-6,9-11,14-15,18,28,31H,7-8,12-13H2,1-3H3;1H,(H,2,3). The molecule has 13 heteroatoms. The number of aliphatic hydroxyl groups is 1.